The van der Waals surface area contributed by atoms with Crippen LogP contribution in [0.2, 0.25) is 0 Å². The van der Waals surface area contributed by atoms with Gasteiger partial charge in [0.25, 0.3) is 0 Å². The molecule has 1 aromatic carbocycles. The molecule has 0 saturated carbocycles. The van der Waals surface area contributed by atoms with Crippen LogP contribution in [0.4, 0.5) is 28.8 Å². The summed E-state index contributed by atoms with van der Waals surface area (Å²) in [6.45, 7) is 8.82. The van der Waals surface area contributed by atoms with Gasteiger partial charge in [-0.15, -0.1) is 0 Å². The number of pyridine rings is 1. The van der Waals surface area contributed by atoms with Gasteiger partial charge in [-0.3, -0.25) is 4.79 Å². The summed E-state index contributed by atoms with van der Waals surface area (Å²) in [6, 6.07) is 10.8. The number of amides is 1. The third kappa shape index (κ3) is 6.78. The van der Waals surface area contributed by atoms with E-state index in [0.29, 0.717) is 29.0 Å². The number of carbonyl (C=O) groups excluding carboxylic acids is 1. The maximum Gasteiger partial charge on any atom is 0.247 e. The molecule has 0 aliphatic rings. The van der Waals surface area contributed by atoms with Crippen LogP contribution in [0, 0.1) is 6.92 Å². The lowest BCUT2D eigenvalue weighted by Gasteiger charge is -2.17. The number of anilines is 5. The van der Waals surface area contributed by atoms with E-state index in [-0.39, 0.29) is 12.5 Å². The molecule has 1 amide bonds. The number of hydrogen-bond donors (Lipinski definition) is 4. The van der Waals surface area contributed by atoms with Gasteiger partial charge in [0, 0.05) is 29.2 Å². The molecule has 0 atom stereocenters. The van der Waals surface area contributed by atoms with Crippen molar-refractivity contribution in [3.8, 4) is 5.88 Å². The Balaban J connectivity index is 1.69. The van der Waals surface area contributed by atoms with E-state index in [0.717, 1.165) is 11.3 Å². The van der Waals surface area contributed by atoms with E-state index in [9.17, 15) is 9.90 Å². The molecule has 2 heterocycles. The molecule has 3 aromatic rings. The number of nitrogens with zero attached hydrogens (tertiary/aromatic N) is 3. The molecule has 0 bridgehead atoms. The highest BCUT2D eigenvalue weighted by Gasteiger charge is 2.13. The van der Waals surface area contributed by atoms with Gasteiger partial charge in [0.1, 0.15) is 12.4 Å². The predicted molar refractivity (Wildman–Crippen MR) is 125 cm³/mol. The van der Waals surface area contributed by atoms with Gasteiger partial charge in [-0.1, -0.05) is 12.6 Å². The highest BCUT2D eigenvalue weighted by molar-refractivity contribution is 5.99. The number of aliphatic hydroxyl groups is 1. The Bertz CT molecular complexity index is 1090. The van der Waals surface area contributed by atoms with Gasteiger partial charge in [-0.2, -0.15) is 4.98 Å². The van der Waals surface area contributed by atoms with Crippen molar-refractivity contribution in [1.29, 1.82) is 0 Å². The number of carbonyl (C=O) groups is 1. The van der Waals surface area contributed by atoms with E-state index < -0.39 is 5.60 Å². The Morgan fingerprint density at radius 1 is 1.12 bits per heavy atom. The average molecular weight is 435 g/mol. The second kappa shape index (κ2) is 9.88. The molecule has 166 valence electrons. The standard InChI is InChI=1S/C23H26N6O3/c1-5-19(30)26-16-7-6-8-17(11-16)27-21-15(2)12-25-22(29-21)28-18-9-10-20(24-13-18)32-14-23(3,4)31/h5-13,31H,1,14H2,2-4H3,(H,26,30)(H2,25,27,28,29). The molecule has 9 nitrogen and oxygen atoms in total. The smallest absolute Gasteiger partial charge is 0.247 e. The number of nitrogens with one attached hydrogen (secondary N) is 3. The third-order valence-corrected chi connectivity index (χ3v) is 4.12. The van der Waals surface area contributed by atoms with Crippen molar-refractivity contribution in [3.05, 3.63) is 67.0 Å². The average Bonchev–Trinajstić information content (AvgIpc) is 2.75. The summed E-state index contributed by atoms with van der Waals surface area (Å²) < 4.78 is 5.46. The molecule has 9 heteroatoms. The largest absolute Gasteiger partial charge is 0.475 e. The fraction of sp³-hybridized carbons (Fsp3) is 0.217. The highest BCUT2D eigenvalue weighted by atomic mass is 16.5. The molecule has 0 fully saturated rings. The zero-order chi connectivity index (χ0) is 23.1. The summed E-state index contributed by atoms with van der Waals surface area (Å²) in [5.74, 6) is 1.14. The van der Waals surface area contributed by atoms with Crippen LogP contribution in [0.3, 0.4) is 0 Å². The molecule has 4 N–H and O–H groups in total. The van der Waals surface area contributed by atoms with Crippen molar-refractivity contribution in [3.63, 3.8) is 0 Å². The molecule has 0 aliphatic heterocycles. The van der Waals surface area contributed by atoms with Crippen molar-refractivity contribution >= 4 is 34.7 Å². The monoisotopic (exact) mass is 434 g/mol. The van der Waals surface area contributed by atoms with Crippen molar-refractivity contribution in [2.24, 2.45) is 0 Å². The summed E-state index contributed by atoms with van der Waals surface area (Å²) in [5, 5.41) is 18.8. The molecule has 3 rings (SSSR count). The maximum atomic E-state index is 11.5. The fourth-order valence-corrected chi connectivity index (χ4v) is 2.55. The Labute approximate surface area is 186 Å². The molecule has 0 aliphatic carbocycles. The van der Waals surface area contributed by atoms with Gasteiger partial charge in [0.05, 0.1) is 17.5 Å². The van der Waals surface area contributed by atoms with Gasteiger partial charge in [-0.25, -0.2) is 9.97 Å². The van der Waals surface area contributed by atoms with Crippen molar-refractivity contribution in [2.75, 3.05) is 22.6 Å². The van der Waals surface area contributed by atoms with Gasteiger partial charge >= 0.3 is 0 Å². The number of ether oxygens (including phenoxy) is 1. The van der Waals surface area contributed by atoms with E-state index >= 15 is 0 Å². The maximum absolute atomic E-state index is 11.5. The lowest BCUT2D eigenvalue weighted by Crippen LogP contribution is -2.28. The number of hydrogen-bond acceptors (Lipinski definition) is 8. The molecule has 0 spiro atoms. The van der Waals surface area contributed by atoms with Crippen LogP contribution in [-0.2, 0) is 4.79 Å². The van der Waals surface area contributed by atoms with Crippen LogP contribution in [-0.4, -0.2) is 38.2 Å². The fourth-order valence-electron chi connectivity index (χ4n) is 2.55. The van der Waals surface area contributed by atoms with E-state index in [1.54, 1.807) is 50.5 Å². The number of aryl methyl sites for hydroxylation is 1. The molecule has 0 radical (unpaired) electrons. The summed E-state index contributed by atoms with van der Waals surface area (Å²) in [7, 11) is 0. The first-order chi connectivity index (χ1) is 15.2. The van der Waals surface area contributed by atoms with E-state index in [1.807, 2.05) is 19.1 Å². The summed E-state index contributed by atoms with van der Waals surface area (Å²) in [5.41, 5.74) is 2.00. The second-order valence-corrected chi connectivity index (χ2v) is 7.74. The van der Waals surface area contributed by atoms with Crippen LogP contribution in [0.5, 0.6) is 5.88 Å². The number of rotatable bonds is 9. The normalized spacial score (nSPS) is 10.9. The molecule has 0 saturated heterocycles. The van der Waals surface area contributed by atoms with Crippen LogP contribution in [0.15, 0.2) is 61.4 Å². The van der Waals surface area contributed by atoms with Gasteiger partial charge in [-0.05, 0) is 51.1 Å². The summed E-state index contributed by atoms with van der Waals surface area (Å²) >= 11 is 0. The summed E-state index contributed by atoms with van der Waals surface area (Å²) in [4.78, 5) is 24.6. The first kappa shape index (κ1) is 22.7. The number of benzene rings is 1. The van der Waals surface area contributed by atoms with Crippen LogP contribution in [0.25, 0.3) is 0 Å². The Hall–Kier alpha value is -3.98. The summed E-state index contributed by atoms with van der Waals surface area (Å²) in [6.07, 6.45) is 4.52. The molecule has 32 heavy (non-hydrogen) atoms. The second-order valence-electron chi connectivity index (χ2n) is 7.74. The van der Waals surface area contributed by atoms with Gasteiger partial charge in [0.2, 0.25) is 17.7 Å². The third-order valence-electron chi connectivity index (χ3n) is 4.12. The Kier molecular flexibility index (Phi) is 7.01. The minimum atomic E-state index is -0.936. The zero-order valence-electron chi connectivity index (χ0n) is 18.2. The SMILES string of the molecule is C=CC(=O)Nc1cccc(Nc2nc(Nc3ccc(OCC(C)(C)O)nc3)ncc2C)c1. The Morgan fingerprint density at radius 3 is 2.59 bits per heavy atom. The Morgan fingerprint density at radius 2 is 1.91 bits per heavy atom. The van der Waals surface area contributed by atoms with E-state index in [2.05, 4.69) is 37.5 Å². The van der Waals surface area contributed by atoms with Crippen molar-refractivity contribution in [2.45, 2.75) is 26.4 Å². The minimum absolute atomic E-state index is 0.140. The zero-order valence-corrected chi connectivity index (χ0v) is 18.2. The number of aromatic nitrogens is 3. The molecule has 2 aromatic heterocycles. The van der Waals surface area contributed by atoms with E-state index in [1.165, 1.54) is 6.08 Å². The lowest BCUT2D eigenvalue weighted by molar-refractivity contribution is -0.111. The molecular weight excluding hydrogens is 408 g/mol. The molecular formula is C23H26N6O3. The van der Waals surface area contributed by atoms with Gasteiger partial charge in [0.15, 0.2) is 0 Å². The van der Waals surface area contributed by atoms with Crippen LogP contribution in [0.1, 0.15) is 19.4 Å². The van der Waals surface area contributed by atoms with Crippen molar-refractivity contribution < 1.29 is 14.6 Å². The first-order valence-electron chi connectivity index (χ1n) is 9.94. The van der Waals surface area contributed by atoms with Gasteiger partial charge < -0.3 is 25.8 Å². The van der Waals surface area contributed by atoms with Crippen LogP contribution < -0.4 is 20.7 Å². The quantitative estimate of drug-likeness (QED) is 0.374. The highest BCUT2D eigenvalue weighted by Crippen LogP contribution is 2.23. The lowest BCUT2D eigenvalue weighted by atomic mass is 10.2. The first-order valence-corrected chi connectivity index (χ1v) is 9.94. The van der Waals surface area contributed by atoms with Crippen LogP contribution >= 0.6 is 0 Å². The minimum Gasteiger partial charge on any atom is -0.475 e. The predicted octanol–water partition coefficient (Wildman–Crippen LogP) is 3.94. The topological polar surface area (TPSA) is 121 Å². The molecule has 0 unspecified atom stereocenters. The van der Waals surface area contributed by atoms with E-state index in [4.69, 9.17) is 4.74 Å². The van der Waals surface area contributed by atoms with Crippen molar-refractivity contribution in [1.82, 2.24) is 15.0 Å².